The summed E-state index contributed by atoms with van der Waals surface area (Å²) in [5.74, 6) is 0. The van der Waals surface area contributed by atoms with E-state index >= 15 is 0 Å². The lowest BCUT2D eigenvalue weighted by atomic mass is 9.97. The van der Waals surface area contributed by atoms with Crippen LogP contribution in [-0.2, 0) is 12.8 Å². The Kier molecular flexibility index (Phi) is 6.16. The molecule has 0 saturated carbocycles. The van der Waals surface area contributed by atoms with E-state index in [2.05, 4.69) is 47.1 Å². The standard InChI is InChI=1S/C18H25Br/c1-2-3-4-5-6-7-8-11-17-16-12-9-10-15(16)13-14-18(17)19/h9-10,13-14H,2-8,11-12H2,1H3. The largest absolute Gasteiger partial charge is 0.0795 e. The number of allylic oxidation sites excluding steroid dienone is 1. The number of benzene rings is 1. The first-order valence-corrected chi connectivity index (χ1v) is 8.59. The van der Waals surface area contributed by atoms with Crippen molar-refractivity contribution in [2.45, 2.75) is 64.7 Å². The average molecular weight is 321 g/mol. The van der Waals surface area contributed by atoms with Crippen molar-refractivity contribution in [2.24, 2.45) is 0 Å². The Hall–Kier alpha value is -0.560. The zero-order valence-electron chi connectivity index (χ0n) is 12.1. The third kappa shape index (κ3) is 4.21. The lowest BCUT2D eigenvalue weighted by Crippen LogP contribution is -1.96. The number of halogens is 1. The normalized spacial score (nSPS) is 12.9. The first-order chi connectivity index (χ1) is 9.33. The van der Waals surface area contributed by atoms with Crippen LogP contribution in [0.4, 0.5) is 0 Å². The van der Waals surface area contributed by atoms with E-state index in [1.165, 1.54) is 61.4 Å². The predicted molar refractivity (Wildman–Crippen MR) is 88.6 cm³/mol. The lowest BCUT2D eigenvalue weighted by Gasteiger charge is -2.11. The summed E-state index contributed by atoms with van der Waals surface area (Å²) in [6.07, 6.45) is 16.6. The summed E-state index contributed by atoms with van der Waals surface area (Å²) in [6, 6.07) is 4.45. The minimum Gasteiger partial charge on any atom is -0.0795 e. The van der Waals surface area contributed by atoms with Crippen LogP contribution in [0, 0.1) is 0 Å². The summed E-state index contributed by atoms with van der Waals surface area (Å²) >= 11 is 3.73. The fraction of sp³-hybridized carbons (Fsp3) is 0.556. The monoisotopic (exact) mass is 320 g/mol. The van der Waals surface area contributed by atoms with Crippen molar-refractivity contribution in [1.82, 2.24) is 0 Å². The van der Waals surface area contributed by atoms with Crippen LogP contribution in [0.3, 0.4) is 0 Å². The molecule has 0 atom stereocenters. The Bertz CT molecular complexity index is 432. The molecule has 1 heteroatoms. The van der Waals surface area contributed by atoms with Crippen LogP contribution >= 0.6 is 15.9 Å². The molecule has 0 bridgehead atoms. The van der Waals surface area contributed by atoms with Gasteiger partial charge in [-0.15, -0.1) is 0 Å². The topological polar surface area (TPSA) is 0 Å². The minimum absolute atomic E-state index is 1.13. The van der Waals surface area contributed by atoms with E-state index in [0.717, 1.165) is 6.42 Å². The third-order valence-corrected chi connectivity index (χ3v) is 4.80. The molecule has 0 saturated heterocycles. The summed E-state index contributed by atoms with van der Waals surface area (Å²) in [4.78, 5) is 0. The van der Waals surface area contributed by atoms with Crippen LogP contribution in [-0.4, -0.2) is 0 Å². The highest BCUT2D eigenvalue weighted by Gasteiger charge is 2.12. The van der Waals surface area contributed by atoms with Gasteiger partial charge in [0.15, 0.2) is 0 Å². The third-order valence-electron chi connectivity index (χ3n) is 4.06. The lowest BCUT2D eigenvalue weighted by molar-refractivity contribution is 0.588. The molecule has 104 valence electrons. The molecule has 1 aromatic carbocycles. The van der Waals surface area contributed by atoms with Crippen LogP contribution in [0.2, 0.25) is 0 Å². The van der Waals surface area contributed by atoms with Crippen molar-refractivity contribution in [3.05, 3.63) is 39.4 Å². The summed E-state index contributed by atoms with van der Waals surface area (Å²) < 4.78 is 1.31. The Labute approximate surface area is 126 Å². The molecule has 1 aliphatic carbocycles. The molecule has 0 N–H and O–H groups in total. The fourth-order valence-corrected chi connectivity index (χ4v) is 3.48. The van der Waals surface area contributed by atoms with Crippen LogP contribution < -0.4 is 0 Å². The molecule has 0 unspecified atom stereocenters. The maximum Gasteiger partial charge on any atom is 0.0210 e. The van der Waals surface area contributed by atoms with Gasteiger partial charge in [-0.25, -0.2) is 0 Å². The van der Waals surface area contributed by atoms with Gasteiger partial charge in [0.2, 0.25) is 0 Å². The van der Waals surface area contributed by atoms with E-state index < -0.39 is 0 Å². The van der Waals surface area contributed by atoms with Gasteiger partial charge in [0, 0.05) is 4.47 Å². The van der Waals surface area contributed by atoms with Crippen molar-refractivity contribution < 1.29 is 0 Å². The van der Waals surface area contributed by atoms with Crippen molar-refractivity contribution in [2.75, 3.05) is 0 Å². The van der Waals surface area contributed by atoms with Gasteiger partial charge in [0.1, 0.15) is 0 Å². The molecular weight excluding hydrogens is 296 g/mol. The van der Waals surface area contributed by atoms with E-state index in [0.29, 0.717) is 0 Å². The molecule has 0 heterocycles. The second-order valence-corrected chi connectivity index (χ2v) is 6.43. The van der Waals surface area contributed by atoms with Crippen molar-refractivity contribution in [1.29, 1.82) is 0 Å². The summed E-state index contributed by atoms with van der Waals surface area (Å²) in [5.41, 5.74) is 4.54. The Morgan fingerprint density at radius 2 is 1.74 bits per heavy atom. The molecule has 0 radical (unpaired) electrons. The van der Waals surface area contributed by atoms with Gasteiger partial charge in [0.05, 0.1) is 0 Å². The Morgan fingerprint density at radius 3 is 2.53 bits per heavy atom. The first kappa shape index (κ1) is 14.8. The van der Waals surface area contributed by atoms with E-state index in [9.17, 15) is 0 Å². The number of hydrogen-bond donors (Lipinski definition) is 0. The second-order valence-electron chi connectivity index (χ2n) is 5.57. The number of unbranched alkanes of at least 4 members (excludes halogenated alkanes) is 6. The zero-order valence-corrected chi connectivity index (χ0v) is 13.6. The fourth-order valence-electron chi connectivity index (χ4n) is 2.91. The number of fused-ring (bicyclic) bond motifs is 1. The van der Waals surface area contributed by atoms with Gasteiger partial charge in [-0.1, -0.05) is 79.6 Å². The van der Waals surface area contributed by atoms with Crippen LogP contribution in [0.25, 0.3) is 6.08 Å². The van der Waals surface area contributed by atoms with Crippen molar-refractivity contribution >= 4 is 22.0 Å². The van der Waals surface area contributed by atoms with Crippen molar-refractivity contribution in [3.63, 3.8) is 0 Å². The molecule has 1 aliphatic rings. The Balaban J connectivity index is 1.76. The second kappa shape index (κ2) is 7.89. The van der Waals surface area contributed by atoms with Crippen LogP contribution in [0.1, 0.15) is 68.6 Å². The van der Waals surface area contributed by atoms with E-state index in [4.69, 9.17) is 0 Å². The maximum atomic E-state index is 3.73. The highest BCUT2D eigenvalue weighted by atomic mass is 79.9. The molecule has 0 aliphatic heterocycles. The summed E-state index contributed by atoms with van der Waals surface area (Å²) in [7, 11) is 0. The maximum absolute atomic E-state index is 3.73. The highest BCUT2D eigenvalue weighted by Crippen LogP contribution is 2.30. The van der Waals surface area contributed by atoms with Gasteiger partial charge in [-0.2, -0.15) is 0 Å². The van der Waals surface area contributed by atoms with Crippen molar-refractivity contribution in [3.8, 4) is 0 Å². The van der Waals surface area contributed by atoms with E-state index in [1.807, 2.05) is 0 Å². The minimum atomic E-state index is 1.13. The molecular formula is C18H25Br. The zero-order chi connectivity index (χ0) is 13.5. The highest BCUT2D eigenvalue weighted by molar-refractivity contribution is 9.10. The molecule has 0 fully saturated rings. The van der Waals surface area contributed by atoms with Gasteiger partial charge in [-0.05, 0) is 42.0 Å². The molecule has 0 nitrogen and oxygen atoms in total. The molecule has 1 aromatic rings. The molecule has 0 aromatic heterocycles. The predicted octanol–water partition coefficient (Wildman–Crippen LogP) is 6.31. The molecule has 0 amide bonds. The quantitative estimate of drug-likeness (QED) is 0.492. The average Bonchev–Trinajstić information content (AvgIpc) is 2.88. The summed E-state index contributed by atoms with van der Waals surface area (Å²) in [6.45, 7) is 2.28. The summed E-state index contributed by atoms with van der Waals surface area (Å²) in [5, 5.41) is 0. The smallest absolute Gasteiger partial charge is 0.0210 e. The number of hydrogen-bond acceptors (Lipinski definition) is 0. The van der Waals surface area contributed by atoms with Gasteiger partial charge in [-0.3, -0.25) is 0 Å². The SMILES string of the molecule is CCCCCCCCCc1c(Br)ccc2c1CC=C2. The van der Waals surface area contributed by atoms with E-state index in [-0.39, 0.29) is 0 Å². The van der Waals surface area contributed by atoms with E-state index in [1.54, 1.807) is 11.1 Å². The van der Waals surface area contributed by atoms with Crippen LogP contribution in [0.15, 0.2) is 22.7 Å². The molecule has 0 spiro atoms. The Morgan fingerprint density at radius 1 is 1.00 bits per heavy atom. The van der Waals surface area contributed by atoms with Gasteiger partial charge >= 0.3 is 0 Å². The van der Waals surface area contributed by atoms with Crippen LogP contribution in [0.5, 0.6) is 0 Å². The van der Waals surface area contributed by atoms with Gasteiger partial charge < -0.3 is 0 Å². The molecule has 19 heavy (non-hydrogen) atoms. The van der Waals surface area contributed by atoms with Gasteiger partial charge in [0.25, 0.3) is 0 Å². The first-order valence-electron chi connectivity index (χ1n) is 7.79. The number of rotatable bonds is 8. The molecule has 2 rings (SSSR count).